The van der Waals surface area contributed by atoms with E-state index in [4.69, 9.17) is 5.73 Å². The van der Waals surface area contributed by atoms with Gasteiger partial charge < -0.3 is 10.5 Å². The maximum absolute atomic E-state index is 12.5. The molecule has 0 amide bonds. The standard InChI is InChI=1S/C14H17BrF3NO/c15-10-6-7-12(20-14(16,17)18)11(8-10)13(19)9-4-2-1-3-5-9/h6-9,13H,1-5,19H2/t13-/m0/s1. The average molecular weight is 352 g/mol. The summed E-state index contributed by atoms with van der Waals surface area (Å²) in [6.07, 6.45) is 0.560. The van der Waals surface area contributed by atoms with Gasteiger partial charge in [-0.2, -0.15) is 0 Å². The molecule has 1 aliphatic rings. The maximum Gasteiger partial charge on any atom is 0.573 e. The molecular weight excluding hydrogens is 335 g/mol. The van der Waals surface area contributed by atoms with E-state index in [-0.39, 0.29) is 11.7 Å². The van der Waals surface area contributed by atoms with Gasteiger partial charge in [-0.1, -0.05) is 35.2 Å². The van der Waals surface area contributed by atoms with E-state index in [2.05, 4.69) is 20.7 Å². The van der Waals surface area contributed by atoms with Crippen LogP contribution in [-0.4, -0.2) is 6.36 Å². The number of nitrogens with two attached hydrogens (primary N) is 1. The lowest BCUT2D eigenvalue weighted by atomic mass is 9.81. The molecule has 1 fully saturated rings. The zero-order valence-electron chi connectivity index (χ0n) is 10.9. The van der Waals surface area contributed by atoms with E-state index < -0.39 is 12.4 Å². The van der Waals surface area contributed by atoms with E-state index in [0.29, 0.717) is 10.0 Å². The molecular formula is C14H17BrF3NO. The summed E-state index contributed by atoms with van der Waals surface area (Å²) < 4.78 is 42.2. The highest BCUT2D eigenvalue weighted by atomic mass is 79.9. The summed E-state index contributed by atoms with van der Waals surface area (Å²) in [4.78, 5) is 0. The zero-order valence-corrected chi connectivity index (χ0v) is 12.5. The first kappa shape index (κ1) is 15.6. The number of hydrogen-bond donors (Lipinski definition) is 1. The summed E-state index contributed by atoms with van der Waals surface area (Å²) >= 11 is 3.28. The minimum absolute atomic E-state index is 0.196. The first-order valence-corrected chi connectivity index (χ1v) is 7.47. The quantitative estimate of drug-likeness (QED) is 0.837. The highest BCUT2D eigenvalue weighted by Gasteiger charge is 2.34. The molecule has 1 aliphatic carbocycles. The number of hydrogen-bond acceptors (Lipinski definition) is 2. The van der Waals surface area contributed by atoms with Gasteiger partial charge in [-0.05, 0) is 37.0 Å². The number of alkyl halides is 3. The first-order chi connectivity index (χ1) is 9.37. The largest absolute Gasteiger partial charge is 0.573 e. The second kappa shape index (κ2) is 6.35. The van der Waals surface area contributed by atoms with Crippen molar-refractivity contribution in [1.82, 2.24) is 0 Å². The Morgan fingerprint density at radius 2 is 1.85 bits per heavy atom. The van der Waals surface area contributed by atoms with Gasteiger partial charge in [-0.15, -0.1) is 13.2 Å². The molecule has 1 aromatic carbocycles. The lowest BCUT2D eigenvalue weighted by Crippen LogP contribution is -2.26. The topological polar surface area (TPSA) is 35.2 Å². The van der Waals surface area contributed by atoms with Crippen LogP contribution < -0.4 is 10.5 Å². The Hall–Kier alpha value is -0.750. The van der Waals surface area contributed by atoms with Crippen LogP contribution in [0.15, 0.2) is 22.7 Å². The van der Waals surface area contributed by atoms with Crippen molar-refractivity contribution in [2.75, 3.05) is 0 Å². The van der Waals surface area contributed by atoms with Gasteiger partial charge in [0.05, 0.1) is 0 Å². The molecule has 2 N–H and O–H groups in total. The Morgan fingerprint density at radius 3 is 2.45 bits per heavy atom. The Morgan fingerprint density at radius 1 is 1.20 bits per heavy atom. The summed E-state index contributed by atoms with van der Waals surface area (Å²) in [5.41, 5.74) is 6.61. The van der Waals surface area contributed by atoms with Gasteiger partial charge >= 0.3 is 6.36 Å². The molecule has 112 valence electrons. The molecule has 0 saturated heterocycles. The number of rotatable bonds is 3. The molecule has 0 bridgehead atoms. The van der Waals surface area contributed by atoms with Crippen LogP contribution in [0.2, 0.25) is 0 Å². The highest BCUT2D eigenvalue weighted by Crippen LogP contribution is 2.39. The van der Waals surface area contributed by atoms with E-state index in [1.165, 1.54) is 18.6 Å². The second-order valence-electron chi connectivity index (χ2n) is 5.15. The molecule has 2 nitrogen and oxygen atoms in total. The van der Waals surface area contributed by atoms with Crippen molar-refractivity contribution in [3.63, 3.8) is 0 Å². The minimum Gasteiger partial charge on any atom is -0.405 e. The Bertz CT molecular complexity index is 458. The van der Waals surface area contributed by atoms with Crippen molar-refractivity contribution in [3.8, 4) is 5.75 Å². The number of halogens is 4. The van der Waals surface area contributed by atoms with Crippen LogP contribution in [0.3, 0.4) is 0 Å². The van der Waals surface area contributed by atoms with Crippen LogP contribution in [0.25, 0.3) is 0 Å². The van der Waals surface area contributed by atoms with Crippen molar-refractivity contribution in [2.45, 2.75) is 44.5 Å². The molecule has 0 spiro atoms. The summed E-state index contributed by atoms with van der Waals surface area (Å²) in [6, 6.07) is 4.04. The molecule has 0 radical (unpaired) electrons. The van der Waals surface area contributed by atoms with Crippen LogP contribution in [0.1, 0.15) is 43.7 Å². The molecule has 0 unspecified atom stereocenters. The van der Waals surface area contributed by atoms with Crippen LogP contribution in [0.4, 0.5) is 13.2 Å². The monoisotopic (exact) mass is 351 g/mol. The second-order valence-corrected chi connectivity index (χ2v) is 6.07. The van der Waals surface area contributed by atoms with Crippen molar-refractivity contribution in [3.05, 3.63) is 28.2 Å². The normalized spacial score (nSPS) is 18.9. The van der Waals surface area contributed by atoms with Crippen LogP contribution >= 0.6 is 15.9 Å². The maximum atomic E-state index is 12.5. The third-order valence-corrected chi connectivity index (χ3v) is 4.21. The first-order valence-electron chi connectivity index (χ1n) is 6.67. The summed E-state index contributed by atoms with van der Waals surface area (Å²) in [6.45, 7) is 0. The molecule has 1 saturated carbocycles. The van der Waals surface area contributed by atoms with E-state index >= 15 is 0 Å². The molecule has 0 aliphatic heterocycles. The Kier molecular flexibility index (Phi) is 4.96. The fraction of sp³-hybridized carbons (Fsp3) is 0.571. The molecule has 1 aromatic rings. The summed E-state index contributed by atoms with van der Waals surface area (Å²) in [5.74, 6) is 0.0207. The summed E-state index contributed by atoms with van der Waals surface area (Å²) in [5, 5.41) is 0. The van der Waals surface area contributed by atoms with Crippen LogP contribution in [-0.2, 0) is 0 Å². The Balaban J connectivity index is 2.25. The van der Waals surface area contributed by atoms with Gasteiger partial charge in [0.2, 0.25) is 0 Å². The van der Waals surface area contributed by atoms with E-state index in [1.807, 2.05) is 0 Å². The fourth-order valence-corrected chi connectivity index (χ4v) is 3.12. The van der Waals surface area contributed by atoms with Crippen molar-refractivity contribution >= 4 is 15.9 Å². The molecule has 20 heavy (non-hydrogen) atoms. The Labute approximate surface area is 124 Å². The predicted octanol–water partition coefficient (Wildman–Crippen LogP) is 4.93. The van der Waals surface area contributed by atoms with E-state index in [9.17, 15) is 13.2 Å². The van der Waals surface area contributed by atoms with Gasteiger partial charge in [0, 0.05) is 16.1 Å². The van der Waals surface area contributed by atoms with Crippen molar-refractivity contribution in [2.24, 2.45) is 11.7 Å². The van der Waals surface area contributed by atoms with Gasteiger partial charge in [0.1, 0.15) is 5.75 Å². The zero-order chi connectivity index (χ0) is 14.8. The smallest absolute Gasteiger partial charge is 0.405 e. The van der Waals surface area contributed by atoms with Crippen LogP contribution in [0.5, 0.6) is 5.75 Å². The van der Waals surface area contributed by atoms with Gasteiger partial charge in [-0.25, -0.2) is 0 Å². The van der Waals surface area contributed by atoms with E-state index in [1.54, 1.807) is 6.07 Å². The number of benzene rings is 1. The third kappa shape index (κ3) is 4.12. The predicted molar refractivity (Wildman–Crippen MR) is 74.3 cm³/mol. The minimum atomic E-state index is -4.70. The van der Waals surface area contributed by atoms with Gasteiger partial charge in [0.25, 0.3) is 0 Å². The highest BCUT2D eigenvalue weighted by molar-refractivity contribution is 9.10. The molecule has 6 heteroatoms. The third-order valence-electron chi connectivity index (χ3n) is 3.71. The molecule has 0 heterocycles. The lowest BCUT2D eigenvalue weighted by Gasteiger charge is -2.29. The SMILES string of the molecule is N[C@H](c1cc(Br)ccc1OC(F)(F)F)C1CCCCC1. The average Bonchev–Trinajstić information content (AvgIpc) is 2.39. The summed E-state index contributed by atoms with van der Waals surface area (Å²) in [7, 11) is 0. The lowest BCUT2D eigenvalue weighted by molar-refractivity contribution is -0.275. The molecule has 2 rings (SSSR count). The van der Waals surface area contributed by atoms with Gasteiger partial charge in [-0.3, -0.25) is 0 Å². The number of ether oxygens (including phenoxy) is 1. The van der Waals surface area contributed by atoms with Crippen LogP contribution in [0, 0.1) is 5.92 Å². The molecule has 1 atom stereocenters. The van der Waals surface area contributed by atoms with Gasteiger partial charge in [0.15, 0.2) is 0 Å². The van der Waals surface area contributed by atoms with E-state index in [0.717, 1.165) is 25.7 Å². The fourth-order valence-electron chi connectivity index (χ4n) is 2.74. The molecule has 0 aromatic heterocycles. The van der Waals surface area contributed by atoms with Crippen molar-refractivity contribution < 1.29 is 17.9 Å². The van der Waals surface area contributed by atoms with Crippen molar-refractivity contribution in [1.29, 1.82) is 0 Å².